The molecule has 1 amide bonds. The fraction of sp³-hybridized carbons (Fsp3) is 0.581. The first-order valence-electron chi connectivity index (χ1n) is 19.3. The number of carboxylic acids is 1. The number of carboxylic acid groups (broad SMARTS) is 1. The first-order chi connectivity index (χ1) is 24.3. The van der Waals surface area contributed by atoms with Crippen molar-refractivity contribution in [3.63, 3.8) is 0 Å². The van der Waals surface area contributed by atoms with Crippen LogP contribution in [0.1, 0.15) is 131 Å². The normalized spacial score (nSPS) is 18.9. The molecule has 0 radical (unpaired) electrons. The number of aliphatic carboxylic acids is 1. The predicted octanol–water partition coefficient (Wildman–Crippen LogP) is 8.94. The summed E-state index contributed by atoms with van der Waals surface area (Å²) in [4.78, 5) is 24.2. The molecule has 0 bridgehead atoms. The Bertz CT molecular complexity index is 1680. The Labute approximate surface area is 314 Å². The standard InChI is InChI=1S/C43H63N3O5Si/c1-31(2)52(32(3)4,51-41(6,7)30-40(48)49)50-29-26-44-39(47)25-13-12-18-27-45-37-23-17-16-22-36(37)42(8,9)38(45)24-19-28-46-33(5)34-20-14-15-21-35(34)43(46,10)11/h14-17,19-24,28,31-33H,12-13,18,25-27,29-30H2,1-11H3/p+2/b24-19+,46-28?. The molecular formula is C43H65N3O5Si+2. The molecule has 2 aliphatic rings. The molecule has 0 saturated carbocycles. The van der Waals surface area contributed by atoms with Gasteiger partial charge in [-0.2, -0.15) is 4.58 Å². The quantitative estimate of drug-likeness (QED) is 0.0908. The van der Waals surface area contributed by atoms with Gasteiger partial charge in [-0.25, -0.2) is 4.58 Å². The monoisotopic (exact) mass is 731 g/mol. The van der Waals surface area contributed by atoms with Gasteiger partial charge < -0.3 is 19.3 Å². The Morgan fingerprint density at radius 1 is 0.962 bits per heavy atom. The van der Waals surface area contributed by atoms with E-state index in [9.17, 15) is 14.7 Å². The fourth-order valence-electron chi connectivity index (χ4n) is 8.43. The lowest BCUT2D eigenvalue weighted by atomic mass is 9.81. The number of fused-ring (bicyclic) bond motifs is 2. The van der Waals surface area contributed by atoms with Crippen molar-refractivity contribution in [3.8, 4) is 0 Å². The summed E-state index contributed by atoms with van der Waals surface area (Å²) in [6, 6.07) is 17.8. The Kier molecular flexibility index (Phi) is 13.3. The highest BCUT2D eigenvalue weighted by Crippen LogP contribution is 2.43. The minimum absolute atomic E-state index is 0.0247. The van der Waals surface area contributed by atoms with Crippen molar-refractivity contribution in [3.05, 3.63) is 77.4 Å². The molecule has 1 unspecified atom stereocenters. The van der Waals surface area contributed by atoms with Crippen LogP contribution in [-0.4, -0.2) is 71.9 Å². The molecule has 0 aromatic heterocycles. The van der Waals surface area contributed by atoms with Crippen LogP contribution in [0, 0.1) is 0 Å². The van der Waals surface area contributed by atoms with E-state index in [1.807, 2.05) is 13.8 Å². The molecule has 9 heteroatoms. The maximum absolute atomic E-state index is 12.8. The number of nitrogens with zero attached hydrogens (tertiary/aromatic N) is 2. The van der Waals surface area contributed by atoms with Crippen molar-refractivity contribution in [2.75, 3.05) is 19.7 Å². The van der Waals surface area contributed by atoms with Crippen LogP contribution < -0.4 is 5.32 Å². The second kappa shape index (κ2) is 16.7. The molecule has 0 saturated heterocycles. The average Bonchev–Trinajstić information content (AvgIpc) is 3.39. The highest BCUT2D eigenvalue weighted by molar-refractivity contribution is 6.70. The summed E-state index contributed by atoms with van der Waals surface area (Å²) in [6.07, 6.45) is 9.92. The van der Waals surface area contributed by atoms with Crippen LogP contribution in [0.25, 0.3) is 0 Å². The van der Waals surface area contributed by atoms with Crippen LogP contribution in [0.5, 0.6) is 0 Å². The van der Waals surface area contributed by atoms with Gasteiger partial charge in [-0.15, -0.1) is 0 Å². The zero-order chi connectivity index (χ0) is 38.5. The number of benzene rings is 2. The zero-order valence-corrected chi connectivity index (χ0v) is 34.7. The van der Waals surface area contributed by atoms with E-state index in [0.29, 0.717) is 25.6 Å². The summed E-state index contributed by atoms with van der Waals surface area (Å²) >= 11 is 0. The highest BCUT2D eigenvalue weighted by Gasteiger charge is 2.49. The number of amides is 1. The number of allylic oxidation sites excluding steroid dienone is 2. The van der Waals surface area contributed by atoms with Gasteiger partial charge in [-0.05, 0) is 51.6 Å². The van der Waals surface area contributed by atoms with Crippen molar-refractivity contribution in [1.29, 1.82) is 0 Å². The van der Waals surface area contributed by atoms with E-state index in [1.165, 1.54) is 28.1 Å². The summed E-state index contributed by atoms with van der Waals surface area (Å²) in [5.74, 6) is -0.869. The van der Waals surface area contributed by atoms with Crippen LogP contribution >= 0.6 is 0 Å². The second-order valence-electron chi connectivity index (χ2n) is 16.9. The van der Waals surface area contributed by atoms with Crippen LogP contribution in [-0.2, 0) is 29.4 Å². The van der Waals surface area contributed by atoms with Crippen molar-refractivity contribution < 1.29 is 32.7 Å². The van der Waals surface area contributed by atoms with Gasteiger partial charge in [0, 0.05) is 75.1 Å². The molecule has 2 aromatic carbocycles. The summed E-state index contributed by atoms with van der Waals surface area (Å²) in [6.45, 7) is 25.1. The van der Waals surface area contributed by atoms with E-state index < -0.39 is 20.1 Å². The van der Waals surface area contributed by atoms with Crippen LogP contribution in [0.4, 0.5) is 5.69 Å². The van der Waals surface area contributed by atoms with Gasteiger partial charge in [0.1, 0.15) is 6.54 Å². The first kappa shape index (κ1) is 41.4. The minimum Gasteiger partial charge on any atom is -0.481 e. The molecule has 0 spiro atoms. The maximum atomic E-state index is 12.8. The van der Waals surface area contributed by atoms with Gasteiger partial charge >= 0.3 is 14.5 Å². The van der Waals surface area contributed by atoms with E-state index >= 15 is 0 Å². The number of unbranched alkanes of at least 4 members (excludes halogenated alkanes) is 2. The lowest BCUT2D eigenvalue weighted by Gasteiger charge is -2.43. The molecule has 52 heavy (non-hydrogen) atoms. The summed E-state index contributed by atoms with van der Waals surface area (Å²) in [7, 11) is -2.78. The van der Waals surface area contributed by atoms with E-state index in [1.54, 1.807) is 0 Å². The van der Waals surface area contributed by atoms with Crippen molar-refractivity contribution in [1.82, 2.24) is 5.32 Å². The topological polar surface area (TPSA) is 90.9 Å². The molecule has 2 N–H and O–H groups in total. The van der Waals surface area contributed by atoms with Gasteiger partial charge in [0.2, 0.25) is 11.6 Å². The summed E-state index contributed by atoms with van der Waals surface area (Å²) < 4.78 is 17.9. The Hall–Kier alpha value is -3.40. The number of rotatable bonds is 18. The van der Waals surface area contributed by atoms with Crippen LogP contribution in [0.3, 0.4) is 0 Å². The molecule has 4 rings (SSSR count). The summed E-state index contributed by atoms with van der Waals surface area (Å²) in [5, 5.41) is 12.4. The number of hydrogen-bond donors (Lipinski definition) is 2. The maximum Gasteiger partial charge on any atom is 0.343 e. The van der Waals surface area contributed by atoms with Crippen molar-refractivity contribution in [2.24, 2.45) is 0 Å². The van der Waals surface area contributed by atoms with E-state index in [4.69, 9.17) is 8.85 Å². The molecule has 0 fully saturated rings. The molecule has 2 heterocycles. The lowest BCUT2D eigenvalue weighted by molar-refractivity contribution is -0.628. The summed E-state index contributed by atoms with van der Waals surface area (Å²) in [5.41, 5.74) is 5.89. The van der Waals surface area contributed by atoms with Gasteiger partial charge in [-0.1, -0.05) is 70.2 Å². The third kappa shape index (κ3) is 9.03. The minimum atomic E-state index is -2.78. The Balaban J connectivity index is 1.33. The number of hydrogen-bond acceptors (Lipinski definition) is 4. The van der Waals surface area contributed by atoms with E-state index in [0.717, 1.165) is 25.8 Å². The predicted molar refractivity (Wildman–Crippen MR) is 213 cm³/mol. The Morgan fingerprint density at radius 3 is 2.23 bits per heavy atom. The molecule has 2 aliphatic heterocycles. The third-order valence-corrected chi connectivity index (χ3v) is 15.8. The smallest absolute Gasteiger partial charge is 0.343 e. The van der Waals surface area contributed by atoms with Gasteiger partial charge in [0.15, 0.2) is 23.5 Å². The Morgan fingerprint density at radius 2 is 1.60 bits per heavy atom. The van der Waals surface area contributed by atoms with Gasteiger partial charge in [-0.3, -0.25) is 9.59 Å². The van der Waals surface area contributed by atoms with Crippen molar-refractivity contribution >= 4 is 38.1 Å². The van der Waals surface area contributed by atoms with E-state index in [2.05, 4.69) is 144 Å². The molecule has 8 nitrogen and oxygen atoms in total. The number of para-hydroxylation sites is 1. The van der Waals surface area contributed by atoms with Gasteiger partial charge in [0.05, 0.1) is 24.0 Å². The lowest BCUT2D eigenvalue weighted by Crippen LogP contribution is -2.54. The molecular weight excluding hydrogens is 667 g/mol. The zero-order valence-electron chi connectivity index (χ0n) is 33.7. The van der Waals surface area contributed by atoms with Crippen LogP contribution in [0.15, 0.2) is 60.7 Å². The first-order valence-corrected chi connectivity index (χ1v) is 21.3. The largest absolute Gasteiger partial charge is 0.481 e. The fourth-order valence-corrected chi connectivity index (χ4v) is 12.3. The SMILES string of the molecule is CC1c2ccccc2C(C)(C)[N+]1=C/C=C/C1=[N+](CCCCCC(=O)NCCO[Si](OC(C)(C)CC(=O)O)(C(C)C)C(C)C)c2ccccc2C1(C)C. The second-order valence-corrected chi connectivity index (χ2v) is 21.1. The van der Waals surface area contributed by atoms with Crippen LogP contribution in [0.2, 0.25) is 11.1 Å². The molecule has 2 aromatic rings. The molecule has 0 aliphatic carbocycles. The average molecular weight is 732 g/mol. The highest BCUT2D eigenvalue weighted by atomic mass is 28.4. The number of carbonyl (C=O) groups is 2. The number of carbonyl (C=O) groups excluding carboxylic acids is 1. The van der Waals surface area contributed by atoms with Crippen molar-refractivity contribution in [2.45, 2.75) is 142 Å². The number of nitrogens with one attached hydrogen (secondary N) is 1. The van der Waals surface area contributed by atoms with Gasteiger partial charge in [0.25, 0.3) is 0 Å². The third-order valence-electron chi connectivity index (χ3n) is 11.1. The molecule has 284 valence electrons. The van der Waals surface area contributed by atoms with E-state index in [-0.39, 0.29) is 34.4 Å². The molecule has 1 atom stereocenters.